The van der Waals surface area contributed by atoms with Gasteiger partial charge in [-0.1, -0.05) is 15.9 Å². The molecule has 0 saturated carbocycles. The van der Waals surface area contributed by atoms with E-state index in [-0.39, 0.29) is 5.91 Å². The number of carbonyl (C=O) groups is 1. The lowest BCUT2D eigenvalue weighted by Gasteiger charge is -2.07. The standard InChI is InChI=1S/C25H23BrN4OS2/c1-12-7-19(8-13(2)22(12)26)28-25-29-23(31)21(33-25)10-18-9-14(3)30(16(18)5)24-20(11-27)15(4)17(6)32-24/h7-10H,1-6H3,(H,28,29,31)/b21-10-. The molecule has 1 fully saturated rings. The number of rotatable bonds is 3. The third kappa shape index (κ3) is 4.33. The number of thioether (sulfide) groups is 1. The van der Waals surface area contributed by atoms with E-state index in [1.165, 1.54) is 11.8 Å². The van der Waals surface area contributed by atoms with E-state index in [0.29, 0.717) is 15.6 Å². The summed E-state index contributed by atoms with van der Waals surface area (Å²) in [5.74, 6) is -0.158. The summed E-state index contributed by atoms with van der Waals surface area (Å²) in [6.45, 7) is 12.1. The SMILES string of the molecule is Cc1cc(N=C2NC(=O)/C(=C/c3cc(C)n(-c4sc(C)c(C)c4C#N)c3C)S2)cc(C)c1Br. The van der Waals surface area contributed by atoms with E-state index in [9.17, 15) is 10.1 Å². The van der Waals surface area contributed by atoms with Gasteiger partial charge in [0.2, 0.25) is 0 Å². The van der Waals surface area contributed by atoms with Crippen LogP contribution in [0, 0.1) is 52.9 Å². The number of thiophene rings is 1. The van der Waals surface area contributed by atoms with Crippen LogP contribution in [-0.4, -0.2) is 15.6 Å². The molecule has 2 aromatic heterocycles. The molecule has 0 radical (unpaired) electrons. The van der Waals surface area contributed by atoms with Gasteiger partial charge in [0.15, 0.2) is 5.17 Å². The van der Waals surface area contributed by atoms with Gasteiger partial charge in [0, 0.05) is 20.7 Å². The molecule has 0 unspecified atom stereocenters. The minimum absolute atomic E-state index is 0.158. The monoisotopic (exact) mass is 538 g/mol. The number of aromatic nitrogens is 1. The second kappa shape index (κ2) is 8.98. The molecule has 5 nitrogen and oxygen atoms in total. The summed E-state index contributed by atoms with van der Waals surface area (Å²) in [5.41, 5.74) is 7.71. The third-order valence-electron chi connectivity index (χ3n) is 5.74. The van der Waals surface area contributed by atoms with Crippen molar-refractivity contribution in [1.82, 2.24) is 9.88 Å². The number of amides is 1. The molecule has 4 rings (SSSR count). The van der Waals surface area contributed by atoms with Crippen LogP contribution in [0.2, 0.25) is 0 Å². The number of nitrogens with zero attached hydrogens (tertiary/aromatic N) is 3. The van der Waals surface area contributed by atoms with Crippen LogP contribution in [0.5, 0.6) is 0 Å². The molecule has 1 aliphatic heterocycles. The smallest absolute Gasteiger partial charge is 0.264 e. The van der Waals surface area contributed by atoms with Gasteiger partial charge in [-0.25, -0.2) is 4.99 Å². The first-order valence-electron chi connectivity index (χ1n) is 10.4. The summed E-state index contributed by atoms with van der Waals surface area (Å²) in [5, 5.41) is 14.1. The lowest BCUT2D eigenvalue weighted by molar-refractivity contribution is -0.115. The number of nitriles is 1. The molecule has 8 heteroatoms. The van der Waals surface area contributed by atoms with Crippen LogP contribution in [-0.2, 0) is 4.79 Å². The van der Waals surface area contributed by atoms with Gasteiger partial charge in [-0.05, 0) is 99.8 Å². The minimum Gasteiger partial charge on any atom is -0.308 e. The molecule has 3 aromatic rings. The van der Waals surface area contributed by atoms with Gasteiger partial charge >= 0.3 is 0 Å². The lowest BCUT2D eigenvalue weighted by Crippen LogP contribution is -2.19. The molecule has 1 amide bonds. The van der Waals surface area contributed by atoms with Crippen LogP contribution in [0.4, 0.5) is 5.69 Å². The maximum Gasteiger partial charge on any atom is 0.264 e. The topological polar surface area (TPSA) is 70.2 Å². The second-order valence-corrected chi connectivity index (χ2v) is 11.1. The van der Waals surface area contributed by atoms with Gasteiger partial charge in [0.1, 0.15) is 11.1 Å². The lowest BCUT2D eigenvalue weighted by atomic mass is 10.1. The predicted molar refractivity (Wildman–Crippen MR) is 142 cm³/mol. The van der Waals surface area contributed by atoms with Crippen molar-refractivity contribution in [1.29, 1.82) is 5.26 Å². The Kier molecular flexibility index (Phi) is 6.41. The van der Waals surface area contributed by atoms with E-state index < -0.39 is 0 Å². The first-order valence-corrected chi connectivity index (χ1v) is 12.8. The highest BCUT2D eigenvalue weighted by molar-refractivity contribution is 9.10. The highest BCUT2D eigenvalue weighted by Crippen LogP contribution is 2.35. The Bertz CT molecular complexity index is 1400. The summed E-state index contributed by atoms with van der Waals surface area (Å²) in [4.78, 5) is 19.0. The van der Waals surface area contributed by atoms with Crippen LogP contribution in [0.1, 0.15) is 44.1 Å². The average molecular weight is 540 g/mol. The van der Waals surface area contributed by atoms with Gasteiger partial charge in [-0.15, -0.1) is 11.3 Å². The summed E-state index contributed by atoms with van der Waals surface area (Å²) in [7, 11) is 0. The number of aryl methyl sites for hydroxylation is 4. The molecule has 3 heterocycles. The number of benzene rings is 1. The normalized spacial score (nSPS) is 16.0. The first-order chi connectivity index (χ1) is 15.6. The highest BCUT2D eigenvalue weighted by atomic mass is 79.9. The Hall–Kier alpha value is -2.60. The van der Waals surface area contributed by atoms with Crippen molar-refractivity contribution in [2.75, 3.05) is 0 Å². The molecule has 1 aromatic carbocycles. The van der Waals surface area contributed by atoms with E-state index >= 15 is 0 Å². The van der Waals surface area contributed by atoms with Crippen molar-refractivity contribution in [2.24, 2.45) is 4.99 Å². The number of aliphatic imine (C=N–C) groups is 1. The minimum atomic E-state index is -0.158. The first kappa shape index (κ1) is 23.6. The van der Waals surface area contributed by atoms with E-state index in [1.807, 2.05) is 59.8 Å². The average Bonchev–Trinajstić information content (AvgIpc) is 3.33. The molecule has 33 heavy (non-hydrogen) atoms. The Labute approximate surface area is 210 Å². The van der Waals surface area contributed by atoms with E-state index in [1.54, 1.807) is 11.3 Å². The molecule has 1 saturated heterocycles. The van der Waals surface area contributed by atoms with E-state index in [4.69, 9.17) is 0 Å². The van der Waals surface area contributed by atoms with Crippen molar-refractivity contribution < 1.29 is 4.79 Å². The maximum atomic E-state index is 12.7. The molecule has 0 aliphatic carbocycles. The van der Waals surface area contributed by atoms with E-state index in [2.05, 4.69) is 42.9 Å². The van der Waals surface area contributed by atoms with Crippen molar-refractivity contribution in [3.63, 3.8) is 0 Å². The molecule has 0 spiro atoms. The third-order valence-corrected chi connectivity index (χ3v) is 9.09. The number of nitrogens with one attached hydrogen (secondary N) is 1. The fourth-order valence-corrected chi connectivity index (χ4v) is 6.15. The summed E-state index contributed by atoms with van der Waals surface area (Å²) < 4.78 is 3.18. The number of hydrogen-bond acceptors (Lipinski definition) is 5. The van der Waals surface area contributed by atoms with Gasteiger partial charge < -0.3 is 9.88 Å². The Balaban J connectivity index is 1.69. The molecule has 0 atom stereocenters. The summed E-state index contributed by atoms with van der Waals surface area (Å²) in [6, 6.07) is 8.39. The number of carbonyl (C=O) groups excluding carboxylic acids is 1. The largest absolute Gasteiger partial charge is 0.308 e. The van der Waals surface area contributed by atoms with Gasteiger partial charge in [0.25, 0.3) is 5.91 Å². The fraction of sp³-hybridized carbons (Fsp3) is 0.240. The molecule has 0 bridgehead atoms. The summed E-state index contributed by atoms with van der Waals surface area (Å²) >= 11 is 6.54. The van der Waals surface area contributed by atoms with Gasteiger partial charge in [-0.2, -0.15) is 5.26 Å². The Morgan fingerprint density at radius 3 is 2.42 bits per heavy atom. The van der Waals surface area contributed by atoms with Crippen LogP contribution in [0.25, 0.3) is 11.1 Å². The molecule has 1 aliphatic rings. The summed E-state index contributed by atoms with van der Waals surface area (Å²) in [6.07, 6.45) is 1.90. The predicted octanol–water partition coefficient (Wildman–Crippen LogP) is 6.92. The van der Waals surface area contributed by atoms with Crippen LogP contribution >= 0.6 is 39.0 Å². The molecular formula is C25H23BrN4OS2. The quantitative estimate of drug-likeness (QED) is 0.368. The van der Waals surface area contributed by atoms with Crippen molar-refractivity contribution in [2.45, 2.75) is 41.5 Å². The second-order valence-electron chi connectivity index (χ2n) is 8.11. The zero-order valence-corrected chi connectivity index (χ0v) is 22.5. The number of halogens is 1. The zero-order valence-electron chi connectivity index (χ0n) is 19.3. The highest BCUT2D eigenvalue weighted by Gasteiger charge is 2.25. The van der Waals surface area contributed by atoms with Crippen molar-refractivity contribution in [3.05, 3.63) is 71.7 Å². The zero-order chi connectivity index (χ0) is 24.0. The van der Waals surface area contributed by atoms with Crippen LogP contribution < -0.4 is 5.32 Å². The fourth-order valence-electron chi connectivity index (χ4n) is 3.87. The van der Waals surface area contributed by atoms with Crippen molar-refractivity contribution in [3.8, 4) is 11.1 Å². The number of hydrogen-bond donors (Lipinski definition) is 1. The molecule has 168 valence electrons. The Morgan fingerprint density at radius 2 is 1.79 bits per heavy atom. The molecule has 1 N–H and O–H groups in total. The van der Waals surface area contributed by atoms with Gasteiger partial charge in [-0.3, -0.25) is 4.79 Å². The Morgan fingerprint density at radius 1 is 1.12 bits per heavy atom. The van der Waals surface area contributed by atoms with E-state index in [0.717, 1.165) is 53.7 Å². The van der Waals surface area contributed by atoms with Crippen LogP contribution in [0.3, 0.4) is 0 Å². The van der Waals surface area contributed by atoms with Gasteiger partial charge in [0.05, 0.1) is 16.2 Å². The van der Waals surface area contributed by atoms with Crippen molar-refractivity contribution >= 4 is 61.9 Å². The van der Waals surface area contributed by atoms with Crippen LogP contribution in [0.15, 0.2) is 32.6 Å². The maximum absolute atomic E-state index is 12.7. The number of amidine groups is 1. The molecular weight excluding hydrogens is 516 g/mol.